The molecule has 1 unspecified atom stereocenters. The fourth-order valence-corrected chi connectivity index (χ4v) is 1.38. The molecule has 1 N–H and O–H groups in total. The predicted molar refractivity (Wildman–Crippen MR) is 48.3 cm³/mol. The molecule has 1 rings (SSSR count). The van der Waals surface area contributed by atoms with Gasteiger partial charge in [-0.15, -0.1) is 8.80 Å². The van der Waals surface area contributed by atoms with Gasteiger partial charge in [0.2, 0.25) is 5.84 Å². The van der Waals surface area contributed by atoms with Crippen molar-refractivity contribution in [3.8, 4) is 0 Å². The lowest BCUT2D eigenvalue weighted by molar-refractivity contribution is 0.334. The fraction of sp³-hybridized carbons (Fsp3) is 0.667. The molecule has 5 nitrogen and oxygen atoms in total. The van der Waals surface area contributed by atoms with E-state index in [1.807, 2.05) is 13.8 Å². The van der Waals surface area contributed by atoms with Gasteiger partial charge in [0, 0.05) is 6.54 Å². The van der Waals surface area contributed by atoms with E-state index in [4.69, 9.17) is 4.74 Å². The second kappa shape index (κ2) is 4.20. The van der Waals surface area contributed by atoms with Crippen molar-refractivity contribution in [2.24, 2.45) is 8.80 Å². The molecule has 1 heterocycles. The van der Waals surface area contributed by atoms with Crippen LogP contribution in [0.25, 0.3) is 0 Å². The predicted octanol–water partition coefficient (Wildman–Crippen LogP) is 0.0217. The quantitative estimate of drug-likeness (QED) is 0.666. The van der Waals surface area contributed by atoms with Crippen LogP contribution in [0.3, 0.4) is 0 Å². The minimum Gasteiger partial charge on any atom is -0.475 e. The Balaban J connectivity index is 2.66. The number of hydrogen-bond donors (Lipinski definition) is 1. The second-order valence-electron chi connectivity index (χ2n) is 2.03. The summed E-state index contributed by atoms with van der Waals surface area (Å²) in [6.45, 7) is 4.98. The highest BCUT2D eigenvalue weighted by Crippen LogP contribution is 2.01. The summed E-state index contributed by atoms with van der Waals surface area (Å²) in [4.78, 5) is 0. The zero-order valence-electron chi connectivity index (χ0n) is 7.03. The standard InChI is InChI=1S/C6H11N3O2S/c1-3-7-5-6(11-4-2)9-12(10)8-5/h3-4H2,1-2H3,(H,7,8). The molecule has 0 aliphatic carbocycles. The third-order valence-corrected chi connectivity index (χ3v) is 1.82. The Bertz CT molecular complexity index is 225. The first-order chi connectivity index (χ1) is 5.77. The number of rotatable bonds is 2. The smallest absolute Gasteiger partial charge is 0.271 e. The number of amidine groups is 1. The summed E-state index contributed by atoms with van der Waals surface area (Å²) < 4.78 is 23.3. The van der Waals surface area contributed by atoms with Gasteiger partial charge in [-0.3, -0.25) is 0 Å². The summed E-state index contributed by atoms with van der Waals surface area (Å²) in [5.41, 5.74) is 0. The summed E-state index contributed by atoms with van der Waals surface area (Å²) in [5, 5.41) is 2.91. The van der Waals surface area contributed by atoms with Crippen LogP contribution in [0, 0.1) is 0 Å². The maximum atomic E-state index is 10.8. The Morgan fingerprint density at radius 2 is 2.25 bits per heavy atom. The van der Waals surface area contributed by atoms with Crippen LogP contribution in [0.4, 0.5) is 0 Å². The number of nitrogens with one attached hydrogen (secondary N) is 1. The number of nitrogens with zero attached hydrogens (tertiary/aromatic N) is 2. The average molecular weight is 189 g/mol. The highest BCUT2D eigenvalue weighted by Gasteiger charge is 2.18. The molecule has 1 aliphatic rings. The molecule has 0 bridgehead atoms. The van der Waals surface area contributed by atoms with Crippen LogP contribution in [0.5, 0.6) is 0 Å². The maximum Gasteiger partial charge on any atom is 0.271 e. The van der Waals surface area contributed by atoms with Crippen molar-refractivity contribution in [3.05, 3.63) is 0 Å². The summed E-state index contributed by atoms with van der Waals surface area (Å²) in [5.74, 6) is 0.829. The van der Waals surface area contributed by atoms with Gasteiger partial charge in [-0.25, -0.2) is 4.21 Å². The van der Waals surface area contributed by atoms with E-state index >= 15 is 0 Å². The molecule has 1 aliphatic heterocycles. The molecule has 6 heteroatoms. The lowest BCUT2D eigenvalue weighted by atomic mass is 10.5. The van der Waals surface area contributed by atoms with E-state index in [-0.39, 0.29) is 0 Å². The lowest BCUT2D eigenvalue weighted by Crippen LogP contribution is -2.30. The van der Waals surface area contributed by atoms with Crippen LogP contribution in [0.15, 0.2) is 8.80 Å². The molecule has 12 heavy (non-hydrogen) atoms. The van der Waals surface area contributed by atoms with Crippen LogP contribution < -0.4 is 5.32 Å². The molecule has 0 aromatic carbocycles. The fourth-order valence-electron chi connectivity index (χ4n) is 0.758. The Morgan fingerprint density at radius 1 is 1.50 bits per heavy atom. The molecule has 0 saturated carbocycles. The van der Waals surface area contributed by atoms with Crippen molar-refractivity contribution in [2.45, 2.75) is 13.8 Å². The summed E-state index contributed by atoms with van der Waals surface area (Å²) in [6, 6.07) is 0. The summed E-state index contributed by atoms with van der Waals surface area (Å²) >= 11 is -1.50. The molecular formula is C6H11N3O2S. The van der Waals surface area contributed by atoms with E-state index < -0.39 is 11.2 Å². The van der Waals surface area contributed by atoms with Crippen molar-refractivity contribution in [2.75, 3.05) is 13.2 Å². The highest BCUT2D eigenvalue weighted by molar-refractivity contribution is 7.83. The van der Waals surface area contributed by atoms with Gasteiger partial charge in [-0.1, -0.05) is 0 Å². The van der Waals surface area contributed by atoms with Crippen molar-refractivity contribution in [3.63, 3.8) is 0 Å². The van der Waals surface area contributed by atoms with Gasteiger partial charge in [0.1, 0.15) is 0 Å². The third-order valence-electron chi connectivity index (χ3n) is 1.16. The van der Waals surface area contributed by atoms with E-state index in [2.05, 4.69) is 14.1 Å². The third kappa shape index (κ3) is 2.04. The number of ether oxygens (including phenoxy) is 1. The Labute approximate surface area is 73.7 Å². The SMILES string of the molecule is CCNC1=NS(=O)N=C1OCC. The van der Waals surface area contributed by atoms with E-state index in [0.29, 0.717) is 24.9 Å². The van der Waals surface area contributed by atoms with Gasteiger partial charge < -0.3 is 10.1 Å². The number of hydrogen-bond acceptors (Lipinski definition) is 3. The zero-order chi connectivity index (χ0) is 8.97. The van der Waals surface area contributed by atoms with Crippen LogP contribution in [-0.4, -0.2) is 29.1 Å². The topological polar surface area (TPSA) is 63.0 Å². The van der Waals surface area contributed by atoms with E-state index in [1.165, 1.54) is 0 Å². The maximum absolute atomic E-state index is 10.8. The van der Waals surface area contributed by atoms with Crippen molar-refractivity contribution in [1.82, 2.24) is 5.32 Å². The number of likely N-dealkylation sites (N-methyl/N-ethyl adjacent to an activating group) is 1. The molecule has 68 valence electrons. The summed E-state index contributed by atoms with van der Waals surface area (Å²) in [7, 11) is 0. The van der Waals surface area contributed by atoms with Crippen molar-refractivity contribution in [1.29, 1.82) is 0 Å². The van der Waals surface area contributed by atoms with E-state index in [9.17, 15) is 4.21 Å². The lowest BCUT2D eigenvalue weighted by Gasteiger charge is -2.04. The molecule has 0 fully saturated rings. The molecule has 0 radical (unpaired) electrons. The van der Waals surface area contributed by atoms with E-state index in [0.717, 1.165) is 0 Å². The highest BCUT2D eigenvalue weighted by atomic mass is 32.2. The van der Waals surface area contributed by atoms with Gasteiger partial charge in [-0.2, -0.15) is 0 Å². The van der Waals surface area contributed by atoms with Crippen LogP contribution in [-0.2, 0) is 15.9 Å². The van der Waals surface area contributed by atoms with E-state index in [1.54, 1.807) is 0 Å². The Morgan fingerprint density at radius 3 is 2.83 bits per heavy atom. The molecule has 0 amide bonds. The van der Waals surface area contributed by atoms with Gasteiger partial charge in [0.05, 0.1) is 6.61 Å². The van der Waals surface area contributed by atoms with Crippen molar-refractivity contribution < 1.29 is 8.95 Å². The van der Waals surface area contributed by atoms with Crippen molar-refractivity contribution >= 4 is 22.9 Å². The van der Waals surface area contributed by atoms with Crippen LogP contribution in [0.2, 0.25) is 0 Å². The van der Waals surface area contributed by atoms with Gasteiger partial charge in [0.15, 0.2) is 0 Å². The second-order valence-corrected chi connectivity index (χ2v) is 2.86. The first kappa shape index (κ1) is 9.18. The largest absolute Gasteiger partial charge is 0.475 e. The van der Waals surface area contributed by atoms with Gasteiger partial charge in [0.25, 0.3) is 17.1 Å². The Kier molecular flexibility index (Phi) is 3.21. The van der Waals surface area contributed by atoms with Gasteiger partial charge in [-0.05, 0) is 13.8 Å². The average Bonchev–Trinajstić information content (AvgIpc) is 2.33. The molecular weight excluding hydrogens is 178 g/mol. The zero-order valence-corrected chi connectivity index (χ0v) is 7.85. The minimum atomic E-state index is -1.50. The molecule has 1 atom stereocenters. The normalized spacial score (nSPS) is 21.7. The molecule has 0 aromatic heterocycles. The molecule has 0 saturated heterocycles. The van der Waals surface area contributed by atoms with Crippen LogP contribution >= 0.6 is 0 Å². The molecule has 0 spiro atoms. The van der Waals surface area contributed by atoms with Gasteiger partial charge >= 0.3 is 0 Å². The minimum absolute atomic E-state index is 0.345. The molecule has 0 aromatic rings. The first-order valence-electron chi connectivity index (χ1n) is 3.74. The Hall–Kier alpha value is -0.910. The summed E-state index contributed by atoms with van der Waals surface area (Å²) in [6.07, 6.45) is 0. The first-order valence-corrected chi connectivity index (χ1v) is 4.80. The monoisotopic (exact) mass is 189 g/mol. The van der Waals surface area contributed by atoms with Crippen LogP contribution in [0.1, 0.15) is 13.8 Å².